The fourth-order valence-electron chi connectivity index (χ4n) is 1.85. The number of nitrogens with one attached hydrogen (secondary N) is 1. The molecule has 1 amide bonds. The smallest absolute Gasteiger partial charge is 0.238 e. The lowest BCUT2D eigenvalue weighted by atomic mass is 10.2. The topological polar surface area (TPSA) is 59.4 Å². The highest BCUT2D eigenvalue weighted by atomic mass is 16.2. The van der Waals surface area contributed by atoms with E-state index in [1.54, 1.807) is 24.3 Å². The maximum absolute atomic E-state index is 11.9. The fraction of sp³-hybridized carbons (Fsp3) is 0.467. The van der Waals surface area contributed by atoms with Crippen molar-refractivity contribution in [2.24, 2.45) is 0 Å². The predicted octanol–water partition coefficient (Wildman–Crippen LogP) is 1.38. The van der Waals surface area contributed by atoms with Gasteiger partial charge in [-0.3, -0.25) is 9.69 Å². The summed E-state index contributed by atoms with van der Waals surface area (Å²) in [5.74, 6) is -0.0626. The van der Waals surface area contributed by atoms with Crippen LogP contribution in [0.1, 0.15) is 12.0 Å². The molecule has 0 spiro atoms. The number of hydrogen-bond donors (Lipinski definition) is 1. The van der Waals surface area contributed by atoms with Gasteiger partial charge >= 0.3 is 0 Å². The highest BCUT2D eigenvalue weighted by molar-refractivity contribution is 5.92. The van der Waals surface area contributed by atoms with Gasteiger partial charge in [0.05, 0.1) is 18.2 Å². The minimum absolute atomic E-state index is 0.0626. The summed E-state index contributed by atoms with van der Waals surface area (Å²) in [6.45, 7) is 2.24. The molecule has 0 atom stereocenters. The largest absolute Gasteiger partial charge is 0.325 e. The molecule has 0 heterocycles. The van der Waals surface area contributed by atoms with Crippen LogP contribution in [0.4, 0.5) is 5.69 Å². The van der Waals surface area contributed by atoms with Crippen molar-refractivity contribution in [3.05, 3.63) is 29.8 Å². The second-order valence-electron chi connectivity index (χ2n) is 5.14. The molecule has 1 rings (SSSR count). The number of hydrogen-bond acceptors (Lipinski definition) is 4. The van der Waals surface area contributed by atoms with E-state index in [1.165, 1.54) is 0 Å². The van der Waals surface area contributed by atoms with Crippen LogP contribution >= 0.6 is 0 Å². The third kappa shape index (κ3) is 6.32. The van der Waals surface area contributed by atoms with Crippen LogP contribution in [-0.4, -0.2) is 56.5 Å². The average molecular weight is 274 g/mol. The van der Waals surface area contributed by atoms with Crippen LogP contribution in [0.15, 0.2) is 24.3 Å². The van der Waals surface area contributed by atoms with Crippen molar-refractivity contribution in [3.8, 4) is 6.07 Å². The van der Waals surface area contributed by atoms with Gasteiger partial charge in [-0.1, -0.05) is 6.07 Å². The van der Waals surface area contributed by atoms with Crippen molar-refractivity contribution in [2.75, 3.05) is 46.1 Å². The Morgan fingerprint density at radius 1 is 1.30 bits per heavy atom. The lowest BCUT2D eigenvalue weighted by molar-refractivity contribution is -0.117. The summed E-state index contributed by atoms with van der Waals surface area (Å²) < 4.78 is 0. The monoisotopic (exact) mass is 274 g/mol. The van der Waals surface area contributed by atoms with Crippen LogP contribution < -0.4 is 5.32 Å². The number of likely N-dealkylation sites (N-methyl/N-ethyl adjacent to an activating group) is 1. The Bertz CT molecular complexity index is 479. The number of rotatable bonds is 7. The van der Waals surface area contributed by atoms with E-state index in [0.717, 1.165) is 19.5 Å². The van der Waals surface area contributed by atoms with Crippen molar-refractivity contribution < 1.29 is 4.79 Å². The number of amides is 1. The van der Waals surface area contributed by atoms with Gasteiger partial charge in [0.2, 0.25) is 5.91 Å². The normalized spacial score (nSPS) is 10.6. The summed E-state index contributed by atoms with van der Waals surface area (Å²) in [6, 6.07) is 8.98. The van der Waals surface area contributed by atoms with Gasteiger partial charge < -0.3 is 10.2 Å². The number of carbonyl (C=O) groups is 1. The summed E-state index contributed by atoms with van der Waals surface area (Å²) >= 11 is 0. The number of anilines is 1. The quantitative estimate of drug-likeness (QED) is 0.816. The lowest BCUT2D eigenvalue weighted by Gasteiger charge is -2.17. The molecule has 1 aromatic rings. The van der Waals surface area contributed by atoms with Crippen LogP contribution in [0.5, 0.6) is 0 Å². The summed E-state index contributed by atoms with van der Waals surface area (Å²) in [5, 5.41) is 11.6. The molecule has 1 N–H and O–H groups in total. The minimum atomic E-state index is -0.0626. The Morgan fingerprint density at radius 3 is 2.70 bits per heavy atom. The van der Waals surface area contributed by atoms with E-state index < -0.39 is 0 Å². The first-order chi connectivity index (χ1) is 9.51. The second kappa shape index (κ2) is 8.31. The maximum atomic E-state index is 11.9. The third-order valence-corrected chi connectivity index (χ3v) is 2.83. The third-order valence-electron chi connectivity index (χ3n) is 2.83. The minimum Gasteiger partial charge on any atom is -0.325 e. The maximum Gasteiger partial charge on any atom is 0.238 e. The van der Waals surface area contributed by atoms with Gasteiger partial charge in [-0.2, -0.15) is 5.26 Å². The molecule has 0 unspecified atom stereocenters. The molecule has 5 heteroatoms. The van der Waals surface area contributed by atoms with Gasteiger partial charge in [0, 0.05) is 5.69 Å². The highest BCUT2D eigenvalue weighted by Crippen LogP contribution is 2.09. The van der Waals surface area contributed by atoms with Gasteiger partial charge in [0.15, 0.2) is 0 Å². The molecule has 0 aliphatic rings. The van der Waals surface area contributed by atoms with Crippen molar-refractivity contribution in [1.29, 1.82) is 5.26 Å². The molecule has 0 saturated heterocycles. The summed E-state index contributed by atoms with van der Waals surface area (Å²) in [4.78, 5) is 16.0. The van der Waals surface area contributed by atoms with Crippen molar-refractivity contribution in [3.63, 3.8) is 0 Å². The number of nitrogens with zero attached hydrogens (tertiary/aromatic N) is 3. The molecular formula is C15H22N4O. The second-order valence-corrected chi connectivity index (χ2v) is 5.14. The van der Waals surface area contributed by atoms with Gasteiger partial charge in [0.1, 0.15) is 0 Å². The van der Waals surface area contributed by atoms with E-state index in [0.29, 0.717) is 17.8 Å². The van der Waals surface area contributed by atoms with Gasteiger partial charge in [-0.15, -0.1) is 0 Å². The number of nitriles is 1. The van der Waals surface area contributed by atoms with Crippen LogP contribution in [0, 0.1) is 11.3 Å². The molecule has 0 aliphatic carbocycles. The van der Waals surface area contributed by atoms with Crippen molar-refractivity contribution in [1.82, 2.24) is 9.80 Å². The summed E-state index contributed by atoms with van der Waals surface area (Å²) in [7, 11) is 6.00. The molecular weight excluding hydrogens is 252 g/mol. The average Bonchev–Trinajstić information content (AvgIpc) is 2.38. The van der Waals surface area contributed by atoms with E-state index in [2.05, 4.69) is 16.3 Å². The van der Waals surface area contributed by atoms with Crippen LogP contribution in [0.3, 0.4) is 0 Å². The fourth-order valence-corrected chi connectivity index (χ4v) is 1.85. The van der Waals surface area contributed by atoms with Gasteiger partial charge in [0.25, 0.3) is 0 Å². The molecule has 108 valence electrons. The van der Waals surface area contributed by atoms with Crippen LogP contribution in [0.2, 0.25) is 0 Å². The summed E-state index contributed by atoms with van der Waals surface area (Å²) in [5.41, 5.74) is 1.21. The zero-order valence-electron chi connectivity index (χ0n) is 12.4. The SMILES string of the molecule is CN(C)CCCN(C)CC(=O)Nc1cccc(C#N)c1. The lowest BCUT2D eigenvalue weighted by Crippen LogP contribution is -2.32. The molecule has 0 aliphatic heterocycles. The Labute approximate surface area is 120 Å². The van der Waals surface area contributed by atoms with Crippen molar-refractivity contribution >= 4 is 11.6 Å². The Hall–Kier alpha value is -1.90. The van der Waals surface area contributed by atoms with Crippen LogP contribution in [0.25, 0.3) is 0 Å². The van der Waals surface area contributed by atoms with E-state index >= 15 is 0 Å². The molecule has 5 nitrogen and oxygen atoms in total. The molecule has 0 saturated carbocycles. The summed E-state index contributed by atoms with van der Waals surface area (Å²) in [6.07, 6.45) is 1.03. The molecule has 20 heavy (non-hydrogen) atoms. The van der Waals surface area contributed by atoms with Crippen LogP contribution in [-0.2, 0) is 4.79 Å². The molecule has 0 radical (unpaired) electrons. The van der Waals surface area contributed by atoms with Gasteiger partial charge in [-0.25, -0.2) is 0 Å². The van der Waals surface area contributed by atoms with Gasteiger partial charge in [-0.05, 0) is 58.9 Å². The number of benzene rings is 1. The zero-order chi connectivity index (χ0) is 15.0. The molecule has 0 fully saturated rings. The first kappa shape index (κ1) is 16.2. The standard InChI is InChI=1S/C15H22N4O/c1-18(2)8-5-9-19(3)12-15(20)17-14-7-4-6-13(10-14)11-16/h4,6-7,10H,5,8-9,12H2,1-3H3,(H,17,20). The molecule has 0 aromatic heterocycles. The Balaban J connectivity index is 2.37. The Kier molecular flexibility index (Phi) is 6.71. The predicted molar refractivity (Wildman–Crippen MR) is 80.5 cm³/mol. The van der Waals surface area contributed by atoms with E-state index in [1.807, 2.05) is 26.0 Å². The first-order valence-electron chi connectivity index (χ1n) is 6.64. The highest BCUT2D eigenvalue weighted by Gasteiger charge is 2.07. The van der Waals surface area contributed by atoms with E-state index in [4.69, 9.17) is 5.26 Å². The zero-order valence-corrected chi connectivity index (χ0v) is 12.4. The Morgan fingerprint density at radius 2 is 2.05 bits per heavy atom. The molecule has 0 bridgehead atoms. The molecule has 1 aromatic carbocycles. The van der Waals surface area contributed by atoms with E-state index in [-0.39, 0.29) is 5.91 Å². The van der Waals surface area contributed by atoms with E-state index in [9.17, 15) is 4.79 Å². The van der Waals surface area contributed by atoms with Crippen molar-refractivity contribution in [2.45, 2.75) is 6.42 Å². The number of carbonyl (C=O) groups excluding carboxylic acids is 1. The first-order valence-corrected chi connectivity index (χ1v) is 6.64.